The van der Waals surface area contributed by atoms with Gasteiger partial charge in [0.2, 0.25) is 0 Å². The molecule has 2 heteroatoms. The van der Waals surface area contributed by atoms with E-state index < -0.39 is 0 Å². The molecule has 0 heterocycles. The van der Waals surface area contributed by atoms with Crippen molar-refractivity contribution < 1.29 is 5.11 Å². The molecule has 0 bridgehead atoms. The lowest BCUT2D eigenvalue weighted by molar-refractivity contribution is 0.513. The van der Waals surface area contributed by atoms with Crippen molar-refractivity contribution in [3.63, 3.8) is 0 Å². The normalized spacial score (nSPS) is 12.2. The predicted octanol–water partition coefficient (Wildman–Crippen LogP) is 2.73. The monoisotopic (exact) mass is 195 g/mol. The van der Waals surface area contributed by atoms with Gasteiger partial charge in [-0.25, -0.2) is 0 Å². The van der Waals surface area contributed by atoms with Gasteiger partial charge in [0.1, 0.15) is 12.5 Å². The van der Waals surface area contributed by atoms with E-state index in [9.17, 15) is 5.11 Å². The maximum Gasteiger partial charge on any atom is 0.170 e. The minimum Gasteiger partial charge on any atom is -0.503 e. The highest BCUT2D eigenvalue weighted by molar-refractivity contribution is 7.98. The summed E-state index contributed by atoms with van der Waals surface area (Å²) in [7, 11) is 0.136. The van der Waals surface area contributed by atoms with Crippen molar-refractivity contribution in [2.24, 2.45) is 0 Å². The molecule has 0 aliphatic heterocycles. The molecule has 0 saturated heterocycles. The first kappa shape index (κ1) is 10.2. The summed E-state index contributed by atoms with van der Waals surface area (Å²) < 4.78 is 0. The molecule has 1 aromatic carbocycles. The van der Waals surface area contributed by atoms with Gasteiger partial charge < -0.3 is 5.11 Å². The van der Waals surface area contributed by atoms with Crippen molar-refractivity contribution in [3.8, 4) is 0 Å². The molecule has 0 radical (unpaired) electrons. The summed E-state index contributed by atoms with van der Waals surface area (Å²) in [6.45, 7) is 2.04. The van der Waals surface area contributed by atoms with E-state index >= 15 is 0 Å². The lowest BCUT2D eigenvalue weighted by Crippen LogP contribution is -1.91. The molecular weight excluding hydrogens is 180 g/mol. The highest BCUT2D eigenvalue weighted by Gasteiger charge is 2.04. The van der Waals surface area contributed by atoms with Crippen molar-refractivity contribution in [1.82, 2.24) is 0 Å². The molecular formula is C11H15OS+. The van der Waals surface area contributed by atoms with Crippen LogP contribution >= 0.6 is 0 Å². The number of aliphatic hydroxyl groups excluding tert-OH is 1. The van der Waals surface area contributed by atoms with Gasteiger partial charge in [-0.05, 0) is 6.92 Å². The zero-order chi connectivity index (χ0) is 9.84. The largest absolute Gasteiger partial charge is 0.503 e. The Labute approximate surface area is 82.5 Å². The Hall–Kier alpha value is -0.890. The molecule has 0 spiro atoms. The second-order valence-electron chi connectivity index (χ2n) is 3.25. The highest BCUT2D eigenvalue weighted by Crippen LogP contribution is 2.13. The van der Waals surface area contributed by atoms with E-state index in [0.29, 0.717) is 5.76 Å². The molecule has 1 nitrogen and oxygen atoms in total. The van der Waals surface area contributed by atoms with Gasteiger partial charge in [-0.15, -0.1) is 0 Å². The summed E-state index contributed by atoms with van der Waals surface area (Å²) in [5, 5.41) is 11.5. The molecule has 13 heavy (non-hydrogen) atoms. The third kappa shape index (κ3) is 3.15. The van der Waals surface area contributed by atoms with Crippen molar-refractivity contribution >= 4 is 16.7 Å². The molecule has 1 aromatic rings. The first-order chi connectivity index (χ1) is 6.09. The molecule has 0 atom stereocenters. The topological polar surface area (TPSA) is 20.2 Å². The van der Waals surface area contributed by atoms with Crippen LogP contribution in [0, 0.1) is 6.92 Å². The third-order valence-electron chi connectivity index (χ3n) is 1.69. The second kappa shape index (κ2) is 4.38. The van der Waals surface area contributed by atoms with Crippen molar-refractivity contribution in [3.05, 3.63) is 40.8 Å². The molecule has 1 rings (SSSR count). The number of aryl methyl sites for hydroxylation is 1. The maximum atomic E-state index is 9.65. The third-order valence-corrected chi connectivity index (χ3v) is 2.39. The molecule has 0 amide bonds. The Morgan fingerprint density at radius 3 is 2.23 bits per heavy atom. The smallest absolute Gasteiger partial charge is 0.170 e. The fourth-order valence-electron chi connectivity index (χ4n) is 1.02. The van der Waals surface area contributed by atoms with Crippen molar-refractivity contribution in [1.29, 1.82) is 0 Å². The number of hydrogen-bond donors (Lipinski definition) is 1. The van der Waals surface area contributed by atoms with Crippen LogP contribution in [0.15, 0.2) is 29.7 Å². The molecule has 70 valence electrons. The molecule has 1 N–H and O–H groups in total. The van der Waals surface area contributed by atoms with Gasteiger partial charge in [0.15, 0.2) is 11.2 Å². The van der Waals surface area contributed by atoms with E-state index in [2.05, 4.69) is 12.5 Å². The van der Waals surface area contributed by atoms with Gasteiger partial charge in [-0.3, -0.25) is 0 Å². The molecule has 0 aliphatic rings. The van der Waals surface area contributed by atoms with Gasteiger partial charge >= 0.3 is 0 Å². The van der Waals surface area contributed by atoms with Crippen LogP contribution in [0.2, 0.25) is 0 Å². The SMILES string of the molecule is Cc1ccc(/C(O)=C/[S+](C)C)cc1. The molecule has 0 fully saturated rings. The van der Waals surface area contributed by atoms with Crippen LogP contribution in [-0.4, -0.2) is 17.6 Å². The van der Waals surface area contributed by atoms with Crippen LogP contribution in [-0.2, 0) is 10.9 Å². The van der Waals surface area contributed by atoms with E-state index in [1.54, 1.807) is 0 Å². The number of aliphatic hydroxyl groups is 1. The van der Waals surface area contributed by atoms with E-state index in [0.717, 1.165) is 5.56 Å². The van der Waals surface area contributed by atoms with Crippen LogP contribution in [0.25, 0.3) is 5.76 Å². The average Bonchev–Trinajstić information content (AvgIpc) is 2.04. The van der Waals surface area contributed by atoms with Crippen molar-refractivity contribution in [2.45, 2.75) is 6.92 Å². The van der Waals surface area contributed by atoms with Gasteiger partial charge in [-0.2, -0.15) is 0 Å². The van der Waals surface area contributed by atoms with Crippen molar-refractivity contribution in [2.75, 3.05) is 12.5 Å². The van der Waals surface area contributed by atoms with Crippen LogP contribution in [0.4, 0.5) is 0 Å². The predicted molar refractivity (Wildman–Crippen MR) is 61.0 cm³/mol. The maximum absolute atomic E-state index is 9.65. The Bertz CT molecular complexity index is 298. The quantitative estimate of drug-likeness (QED) is 0.568. The zero-order valence-corrected chi connectivity index (χ0v) is 9.06. The average molecular weight is 195 g/mol. The molecule has 0 aliphatic carbocycles. The van der Waals surface area contributed by atoms with E-state index in [1.807, 2.05) is 36.6 Å². The summed E-state index contributed by atoms with van der Waals surface area (Å²) in [6.07, 6.45) is 4.15. The Kier molecular flexibility index (Phi) is 3.43. The Morgan fingerprint density at radius 2 is 1.77 bits per heavy atom. The summed E-state index contributed by atoms with van der Waals surface area (Å²) in [5.41, 5.74) is 2.11. The van der Waals surface area contributed by atoms with Gasteiger partial charge in [0.05, 0.1) is 0 Å². The lowest BCUT2D eigenvalue weighted by Gasteiger charge is -1.98. The van der Waals surface area contributed by atoms with E-state index in [4.69, 9.17) is 0 Å². The summed E-state index contributed by atoms with van der Waals surface area (Å²) in [5.74, 6) is 0.383. The van der Waals surface area contributed by atoms with Gasteiger partial charge in [0.25, 0.3) is 0 Å². The zero-order valence-electron chi connectivity index (χ0n) is 8.24. The van der Waals surface area contributed by atoms with Crippen LogP contribution in [0.5, 0.6) is 0 Å². The number of hydrogen-bond acceptors (Lipinski definition) is 1. The lowest BCUT2D eigenvalue weighted by atomic mass is 10.1. The fraction of sp³-hybridized carbons (Fsp3) is 0.273. The summed E-state index contributed by atoms with van der Waals surface area (Å²) in [4.78, 5) is 0. The Morgan fingerprint density at radius 1 is 1.23 bits per heavy atom. The Balaban J connectivity index is 2.89. The molecule has 0 aromatic heterocycles. The van der Waals surface area contributed by atoms with Gasteiger partial charge in [0, 0.05) is 16.5 Å². The van der Waals surface area contributed by atoms with Crippen LogP contribution < -0.4 is 0 Å². The van der Waals surface area contributed by atoms with E-state index in [1.165, 1.54) is 5.56 Å². The van der Waals surface area contributed by atoms with Crippen LogP contribution in [0.3, 0.4) is 0 Å². The second-order valence-corrected chi connectivity index (χ2v) is 5.24. The molecule has 0 saturated carbocycles. The number of benzene rings is 1. The first-order valence-electron chi connectivity index (χ1n) is 4.14. The van der Waals surface area contributed by atoms with Gasteiger partial charge in [-0.1, -0.05) is 29.8 Å². The standard InChI is InChI=1S/C11H14OS/c1-9-4-6-10(7-5-9)11(12)8-13(2)3/h4-8H,1-3H3/p+1/b11-8-. The fourth-order valence-corrected chi connectivity index (χ4v) is 1.60. The highest BCUT2D eigenvalue weighted by atomic mass is 32.2. The minimum atomic E-state index is 0.136. The minimum absolute atomic E-state index is 0.136. The first-order valence-corrected chi connectivity index (χ1v) is 6.24. The summed E-state index contributed by atoms with van der Waals surface area (Å²) in [6, 6.07) is 7.88. The summed E-state index contributed by atoms with van der Waals surface area (Å²) >= 11 is 0. The van der Waals surface area contributed by atoms with Crippen LogP contribution in [0.1, 0.15) is 11.1 Å². The molecule has 0 unspecified atom stereocenters. The van der Waals surface area contributed by atoms with E-state index in [-0.39, 0.29) is 10.9 Å². The number of rotatable bonds is 2.